The minimum absolute atomic E-state index is 0.196. The molecule has 0 aliphatic heterocycles. The van der Waals surface area contributed by atoms with Gasteiger partial charge in [-0.15, -0.1) is 11.3 Å². The van der Waals surface area contributed by atoms with Crippen molar-refractivity contribution in [2.75, 3.05) is 11.9 Å². The van der Waals surface area contributed by atoms with Gasteiger partial charge in [0.05, 0.1) is 11.2 Å². The number of halogens is 2. The van der Waals surface area contributed by atoms with Crippen LogP contribution in [0.4, 0.5) is 10.1 Å². The lowest BCUT2D eigenvalue weighted by molar-refractivity contribution is 0.627. The number of aryl methyl sites for hydroxylation is 1. The van der Waals surface area contributed by atoms with Gasteiger partial charge in [-0.1, -0.05) is 0 Å². The van der Waals surface area contributed by atoms with Gasteiger partial charge in [0.15, 0.2) is 0 Å². The minimum Gasteiger partial charge on any atom is -0.384 e. The summed E-state index contributed by atoms with van der Waals surface area (Å²) >= 11 is 3.81. The van der Waals surface area contributed by atoms with Gasteiger partial charge in [-0.2, -0.15) is 0 Å². The highest BCUT2D eigenvalue weighted by atomic mass is 127. The maximum absolute atomic E-state index is 12.9. The first kappa shape index (κ1) is 12.8. The molecule has 0 amide bonds. The Morgan fingerprint density at radius 2 is 2.29 bits per heavy atom. The van der Waals surface area contributed by atoms with Crippen molar-refractivity contribution in [3.63, 3.8) is 0 Å². The van der Waals surface area contributed by atoms with Crippen molar-refractivity contribution in [1.82, 2.24) is 4.98 Å². The second-order valence-electron chi connectivity index (χ2n) is 3.66. The molecule has 1 aromatic carbocycles. The van der Waals surface area contributed by atoms with Crippen LogP contribution < -0.4 is 5.32 Å². The van der Waals surface area contributed by atoms with E-state index in [2.05, 4.69) is 32.9 Å². The Labute approximate surface area is 117 Å². The Morgan fingerprint density at radius 1 is 1.47 bits per heavy atom. The third-order valence-electron chi connectivity index (χ3n) is 2.44. The van der Waals surface area contributed by atoms with Crippen LogP contribution in [0.25, 0.3) is 0 Å². The van der Waals surface area contributed by atoms with E-state index in [4.69, 9.17) is 0 Å². The molecule has 1 heterocycles. The molecule has 90 valence electrons. The molecule has 5 heteroatoms. The number of anilines is 1. The average Bonchev–Trinajstić information content (AvgIpc) is 2.68. The van der Waals surface area contributed by atoms with Gasteiger partial charge in [-0.05, 0) is 47.7 Å². The van der Waals surface area contributed by atoms with Crippen molar-refractivity contribution in [3.05, 3.63) is 43.7 Å². The third kappa shape index (κ3) is 3.38. The lowest BCUT2D eigenvalue weighted by Gasteiger charge is -2.08. The standard InChI is InChI=1S/C12H12FIN2S/c1-8-12(17-7-16-8)4-5-15-11-3-2-9(13)6-10(11)14/h2-3,6-7,15H,4-5H2,1H3. The summed E-state index contributed by atoms with van der Waals surface area (Å²) in [5.74, 6) is -0.196. The van der Waals surface area contributed by atoms with E-state index in [0.29, 0.717) is 0 Å². The second-order valence-corrected chi connectivity index (χ2v) is 5.76. The van der Waals surface area contributed by atoms with Crippen LogP contribution >= 0.6 is 33.9 Å². The quantitative estimate of drug-likeness (QED) is 0.836. The highest BCUT2D eigenvalue weighted by Gasteiger charge is 2.03. The number of nitrogens with one attached hydrogen (secondary N) is 1. The fraction of sp³-hybridized carbons (Fsp3) is 0.250. The molecule has 0 aliphatic rings. The van der Waals surface area contributed by atoms with Gasteiger partial charge in [0.1, 0.15) is 5.82 Å². The third-order valence-corrected chi connectivity index (χ3v) is 4.33. The molecule has 1 N–H and O–H groups in total. The molecule has 0 unspecified atom stereocenters. The topological polar surface area (TPSA) is 24.9 Å². The van der Waals surface area contributed by atoms with E-state index >= 15 is 0 Å². The summed E-state index contributed by atoms with van der Waals surface area (Å²) in [6.45, 7) is 2.86. The van der Waals surface area contributed by atoms with Crippen LogP contribution in [-0.4, -0.2) is 11.5 Å². The van der Waals surface area contributed by atoms with Gasteiger partial charge in [0, 0.05) is 27.1 Å². The number of hydrogen-bond donors (Lipinski definition) is 1. The molecule has 0 saturated heterocycles. The second kappa shape index (κ2) is 5.77. The van der Waals surface area contributed by atoms with Crippen molar-refractivity contribution in [2.45, 2.75) is 13.3 Å². The van der Waals surface area contributed by atoms with Crippen LogP contribution in [0, 0.1) is 16.3 Å². The van der Waals surface area contributed by atoms with E-state index in [1.165, 1.54) is 17.0 Å². The van der Waals surface area contributed by atoms with Crippen LogP contribution in [0.1, 0.15) is 10.6 Å². The van der Waals surface area contributed by atoms with Gasteiger partial charge < -0.3 is 5.32 Å². The fourth-order valence-corrected chi connectivity index (χ4v) is 2.96. The Kier molecular flexibility index (Phi) is 4.33. The van der Waals surface area contributed by atoms with Crippen molar-refractivity contribution in [3.8, 4) is 0 Å². The van der Waals surface area contributed by atoms with Gasteiger partial charge in [0.25, 0.3) is 0 Å². The van der Waals surface area contributed by atoms with Gasteiger partial charge >= 0.3 is 0 Å². The lowest BCUT2D eigenvalue weighted by atomic mass is 10.2. The van der Waals surface area contributed by atoms with Gasteiger partial charge in [0.2, 0.25) is 0 Å². The Morgan fingerprint density at radius 3 is 2.94 bits per heavy atom. The summed E-state index contributed by atoms with van der Waals surface area (Å²) in [7, 11) is 0. The summed E-state index contributed by atoms with van der Waals surface area (Å²) in [5, 5.41) is 3.31. The monoisotopic (exact) mass is 362 g/mol. The van der Waals surface area contributed by atoms with Crippen LogP contribution in [0.2, 0.25) is 0 Å². The van der Waals surface area contributed by atoms with E-state index in [1.54, 1.807) is 17.4 Å². The first-order valence-electron chi connectivity index (χ1n) is 5.24. The highest BCUT2D eigenvalue weighted by Crippen LogP contribution is 2.19. The van der Waals surface area contributed by atoms with Crippen LogP contribution in [0.15, 0.2) is 23.7 Å². The highest BCUT2D eigenvalue weighted by molar-refractivity contribution is 14.1. The number of nitrogens with zero attached hydrogens (tertiary/aromatic N) is 1. The van der Waals surface area contributed by atoms with Crippen LogP contribution in [-0.2, 0) is 6.42 Å². The van der Waals surface area contributed by atoms with E-state index in [1.807, 2.05) is 12.4 Å². The molecular formula is C12H12FIN2S. The van der Waals surface area contributed by atoms with Gasteiger partial charge in [-0.25, -0.2) is 9.37 Å². The van der Waals surface area contributed by atoms with Crippen molar-refractivity contribution in [1.29, 1.82) is 0 Å². The molecule has 2 nitrogen and oxygen atoms in total. The zero-order valence-electron chi connectivity index (χ0n) is 9.34. The Balaban J connectivity index is 1.92. The van der Waals surface area contributed by atoms with Crippen molar-refractivity contribution in [2.24, 2.45) is 0 Å². The number of aromatic nitrogens is 1. The molecular weight excluding hydrogens is 350 g/mol. The van der Waals surface area contributed by atoms with Crippen LogP contribution in [0.3, 0.4) is 0 Å². The molecule has 17 heavy (non-hydrogen) atoms. The van der Waals surface area contributed by atoms with Crippen molar-refractivity contribution >= 4 is 39.6 Å². The molecule has 0 bridgehead atoms. The van der Waals surface area contributed by atoms with Crippen LogP contribution in [0.5, 0.6) is 0 Å². The van der Waals surface area contributed by atoms with Crippen molar-refractivity contribution < 1.29 is 4.39 Å². The molecule has 0 fully saturated rings. The summed E-state index contributed by atoms with van der Waals surface area (Å²) < 4.78 is 13.8. The SMILES string of the molecule is Cc1ncsc1CCNc1ccc(F)cc1I. The van der Waals surface area contributed by atoms with Gasteiger partial charge in [-0.3, -0.25) is 0 Å². The number of thiazole rings is 1. The number of benzene rings is 1. The summed E-state index contributed by atoms with van der Waals surface area (Å²) in [6, 6.07) is 4.78. The van der Waals surface area contributed by atoms with E-state index in [0.717, 1.165) is 27.9 Å². The summed E-state index contributed by atoms with van der Waals surface area (Å²) in [6.07, 6.45) is 0.948. The smallest absolute Gasteiger partial charge is 0.124 e. The molecule has 0 radical (unpaired) electrons. The average molecular weight is 362 g/mol. The Bertz CT molecular complexity index is 513. The normalized spacial score (nSPS) is 10.5. The fourth-order valence-electron chi connectivity index (χ4n) is 1.51. The predicted molar refractivity (Wildman–Crippen MR) is 78.2 cm³/mol. The molecule has 0 atom stereocenters. The molecule has 0 aliphatic carbocycles. The maximum atomic E-state index is 12.9. The zero-order chi connectivity index (χ0) is 12.3. The molecule has 0 spiro atoms. The Hall–Kier alpha value is -0.690. The summed E-state index contributed by atoms with van der Waals surface area (Å²) in [4.78, 5) is 5.51. The molecule has 0 saturated carbocycles. The molecule has 2 rings (SSSR count). The van der Waals surface area contributed by atoms with E-state index in [-0.39, 0.29) is 5.82 Å². The molecule has 1 aromatic heterocycles. The zero-order valence-corrected chi connectivity index (χ0v) is 12.3. The lowest BCUT2D eigenvalue weighted by Crippen LogP contribution is -2.06. The van der Waals surface area contributed by atoms with E-state index in [9.17, 15) is 4.39 Å². The molecule has 2 aromatic rings. The first-order valence-corrected chi connectivity index (χ1v) is 7.20. The first-order chi connectivity index (χ1) is 8.16. The predicted octanol–water partition coefficient (Wildman–Crippen LogP) is 3.85. The summed E-state index contributed by atoms with van der Waals surface area (Å²) in [5.41, 5.74) is 3.95. The number of hydrogen-bond acceptors (Lipinski definition) is 3. The number of rotatable bonds is 4. The maximum Gasteiger partial charge on any atom is 0.124 e. The largest absolute Gasteiger partial charge is 0.384 e. The minimum atomic E-state index is -0.196. The van der Waals surface area contributed by atoms with E-state index < -0.39 is 0 Å².